The lowest BCUT2D eigenvalue weighted by atomic mass is 10.0. The number of aliphatic hydroxyl groups excluding tert-OH is 2. The van der Waals surface area contributed by atoms with Crippen LogP contribution in [-0.4, -0.2) is 34.9 Å². The Bertz CT molecular complexity index is 612. The van der Waals surface area contributed by atoms with Crippen molar-refractivity contribution < 1.29 is 15.0 Å². The fourth-order valence-corrected chi connectivity index (χ4v) is 7.19. The van der Waals surface area contributed by atoms with Crippen molar-refractivity contribution in [2.45, 2.75) is 270 Å². The molecule has 0 radical (unpaired) electrons. The maximum atomic E-state index is 12.3. The number of carbonyl (C=O) groups excluding carboxylic acids is 1. The molecule has 0 aromatic rings. The first-order chi connectivity index (χ1) is 23.7. The van der Waals surface area contributed by atoms with Crippen LogP contribution in [0.4, 0.5) is 0 Å². The minimum Gasteiger partial charge on any atom is -0.394 e. The van der Waals surface area contributed by atoms with Crippen molar-refractivity contribution >= 4 is 5.91 Å². The number of rotatable bonds is 41. The summed E-state index contributed by atoms with van der Waals surface area (Å²) < 4.78 is 0. The van der Waals surface area contributed by atoms with E-state index in [0.717, 1.165) is 25.7 Å². The number of aliphatic hydroxyl groups is 2. The van der Waals surface area contributed by atoms with Crippen molar-refractivity contribution in [3.8, 4) is 0 Å². The highest BCUT2D eigenvalue weighted by Gasteiger charge is 2.20. The Morgan fingerprint density at radius 3 is 0.938 bits per heavy atom. The molecule has 0 rings (SSSR count). The van der Waals surface area contributed by atoms with Crippen LogP contribution in [0.15, 0.2) is 0 Å². The zero-order valence-electron chi connectivity index (χ0n) is 33.0. The standard InChI is InChI=1S/C44H89NO3/c1-3-5-7-9-11-13-15-16-17-18-19-20-21-22-23-24-25-26-27-28-30-31-33-35-37-39-43(47)42(41-46)45-44(48)40-38-36-34-32-29-14-12-10-8-6-4-2/h42-43,46-47H,3-41H2,1-2H3,(H,45,48). The van der Waals surface area contributed by atoms with E-state index in [1.807, 2.05) is 0 Å². The van der Waals surface area contributed by atoms with Crippen LogP contribution in [0.5, 0.6) is 0 Å². The van der Waals surface area contributed by atoms with Crippen LogP contribution in [0.25, 0.3) is 0 Å². The summed E-state index contributed by atoms with van der Waals surface area (Å²) in [5, 5.41) is 23.1. The number of carbonyl (C=O) groups is 1. The van der Waals surface area contributed by atoms with E-state index in [2.05, 4.69) is 19.2 Å². The van der Waals surface area contributed by atoms with Gasteiger partial charge in [0, 0.05) is 6.42 Å². The Morgan fingerprint density at radius 2 is 0.667 bits per heavy atom. The van der Waals surface area contributed by atoms with Gasteiger partial charge in [0.2, 0.25) is 5.91 Å². The first kappa shape index (κ1) is 47.4. The van der Waals surface area contributed by atoms with E-state index in [1.54, 1.807) is 0 Å². The third-order valence-electron chi connectivity index (χ3n) is 10.6. The molecular weight excluding hydrogens is 590 g/mol. The molecule has 2 atom stereocenters. The Hall–Kier alpha value is -0.610. The highest BCUT2D eigenvalue weighted by atomic mass is 16.3. The van der Waals surface area contributed by atoms with Crippen molar-refractivity contribution in [3.05, 3.63) is 0 Å². The molecule has 0 saturated heterocycles. The predicted octanol–water partition coefficient (Wildman–Crippen LogP) is 13.7. The fourth-order valence-electron chi connectivity index (χ4n) is 7.19. The fraction of sp³-hybridized carbons (Fsp3) is 0.977. The van der Waals surface area contributed by atoms with Crippen LogP contribution in [0.3, 0.4) is 0 Å². The molecule has 0 aliphatic carbocycles. The maximum absolute atomic E-state index is 12.3. The normalized spacial score (nSPS) is 12.8. The number of hydrogen-bond donors (Lipinski definition) is 3. The average molecular weight is 680 g/mol. The molecule has 0 fully saturated rings. The average Bonchev–Trinajstić information content (AvgIpc) is 3.09. The first-order valence-corrected chi connectivity index (χ1v) is 22.2. The Kier molecular flexibility index (Phi) is 40.3. The summed E-state index contributed by atoms with van der Waals surface area (Å²) >= 11 is 0. The van der Waals surface area contributed by atoms with E-state index in [0.29, 0.717) is 12.8 Å². The molecule has 3 N–H and O–H groups in total. The monoisotopic (exact) mass is 680 g/mol. The van der Waals surface area contributed by atoms with Gasteiger partial charge in [0.1, 0.15) is 0 Å². The van der Waals surface area contributed by atoms with E-state index >= 15 is 0 Å². The molecule has 2 unspecified atom stereocenters. The van der Waals surface area contributed by atoms with Gasteiger partial charge >= 0.3 is 0 Å². The lowest BCUT2D eigenvalue weighted by Crippen LogP contribution is -2.45. The van der Waals surface area contributed by atoms with Crippen molar-refractivity contribution in [2.75, 3.05) is 6.61 Å². The SMILES string of the molecule is CCCCCCCCCCCCCCCCCCCCCCCCCCCC(O)C(CO)NC(=O)CCCCCCCCCCCCC. The van der Waals surface area contributed by atoms with Gasteiger partial charge in [0.15, 0.2) is 0 Å². The van der Waals surface area contributed by atoms with Crippen LogP contribution in [0.1, 0.15) is 258 Å². The van der Waals surface area contributed by atoms with E-state index in [9.17, 15) is 15.0 Å². The summed E-state index contributed by atoms with van der Waals surface area (Å²) in [6, 6.07) is -0.528. The van der Waals surface area contributed by atoms with Crippen LogP contribution in [0.2, 0.25) is 0 Å². The van der Waals surface area contributed by atoms with Crippen molar-refractivity contribution in [1.82, 2.24) is 5.32 Å². The Labute approximate surface area is 302 Å². The quantitative estimate of drug-likeness (QED) is 0.0563. The molecule has 0 spiro atoms. The van der Waals surface area contributed by atoms with Gasteiger partial charge in [-0.05, 0) is 12.8 Å². The van der Waals surface area contributed by atoms with E-state index in [4.69, 9.17) is 0 Å². The minimum absolute atomic E-state index is 0.0289. The zero-order chi connectivity index (χ0) is 35.0. The van der Waals surface area contributed by atoms with Gasteiger partial charge in [-0.15, -0.1) is 0 Å². The van der Waals surface area contributed by atoms with Gasteiger partial charge in [0.05, 0.1) is 18.8 Å². The topological polar surface area (TPSA) is 69.6 Å². The molecule has 0 aliphatic heterocycles. The molecule has 0 saturated carbocycles. The smallest absolute Gasteiger partial charge is 0.220 e. The van der Waals surface area contributed by atoms with Gasteiger partial charge in [-0.25, -0.2) is 0 Å². The van der Waals surface area contributed by atoms with Crippen LogP contribution >= 0.6 is 0 Å². The summed E-state index contributed by atoms with van der Waals surface area (Å²) in [6.07, 6.45) is 49.1. The lowest BCUT2D eigenvalue weighted by molar-refractivity contribution is -0.123. The molecule has 4 heteroatoms. The number of unbranched alkanes of at least 4 members (excludes halogenated alkanes) is 34. The van der Waals surface area contributed by atoms with Gasteiger partial charge < -0.3 is 15.5 Å². The molecular formula is C44H89NO3. The van der Waals surface area contributed by atoms with Gasteiger partial charge in [-0.3, -0.25) is 4.79 Å². The van der Waals surface area contributed by atoms with Gasteiger partial charge in [0.25, 0.3) is 0 Å². The second-order valence-corrected chi connectivity index (χ2v) is 15.5. The molecule has 0 aliphatic rings. The second kappa shape index (κ2) is 40.8. The summed E-state index contributed by atoms with van der Waals surface area (Å²) in [6.45, 7) is 4.37. The van der Waals surface area contributed by atoms with E-state index < -0.39 is 12.1 Å². The highest BCUT2D eigenvalue weighted by Crippen LogP contribution is 2.17. The number of nitrogens with one attached hydrogen (secondary N) is 1. The van der Waals surface area contributed by atoms with Gasteiger partial charge in [-0.1, -0.05) is 239 Å². The third-order valence-corrected chi connectivity index (χ3v) is 10.6. The Morgan fingerprint density at radius 1 is 0.417 bits per heavy atom. The predicted molar refractivity (Wildman–Crippen MR) is 212 cm³/mol. The number of amides is 1. The van der Waals surface area contributed by atoms with Crippen LogP contribution in [0, 0.1) is 0 Å². The summed E-state index contributed by atoms with van der Waals surface area (Å²) in [5.41, 5.74) is 0. The summed E-state index contributed by atoms with van der Waals surface area (Å²) in [5.74, 6) is -0.0289. The van der Waals surface area contributed by atoms with Crippen molar-refractivity contribution in [1.29, 1.82) is 0 Å². The molecule has 48 heavy (non-hydrogen) atoms. The maximum Gasteiger partial charge on any atom is 0.220 e. The largest absolute Gasteiger partial charge is 0.394 e. The highest BCUT2D eigenvalue weighted by molar-refractivity contribution is 5.76. The number of hydrogen-bond acceptors (Lipinski definition) is 3. The molecule has 0 aromatic heterocycles. The summed E-state index contributed by atoms with van der Waals surface area (Å²) in [4.78, 5) is 12.3. The second-order valence-electron chi connectivity index (χ2n) is 15.5. The van der Waals surface area contributed by atoms with Crippen LogP contribution < -0.4 is 5.32 Å². The van der Waals surface area contributed by atoms with E-state index in [-0.39, 0.29) is 12.5 Å². The van der Waals surface area contributed by atoms with Gasteiger partial charge in [-0.2, -0.15) is 0 Å². The Balaban J connectivity index is 3.41. The first-order valence-electron chi connectivity index (χ1n) is 22.2. The van der Waals surface area contributed by atoms with Crippen LogP contribution in [-0.2, 0) is 4.79 Å². The minimum atomic E-state index is -0.652. The lowest BCUT2D eigenvalue weighted by Gasteiger charge is -2.22. The third kappa shape index (κ3) is 36.7. The molecule has 1 amide bonds. The summed E-state index contributed by atoms with van der Waals surface area (Å²) in [7, 11) is 0. The molecule has 0 heterocycles. The molecule has 4 nitrogen and oxygen atoms in total. The van der Waals surface area contributed by atoms with Crippen molar-refractivity contribution in [2.24, 2.45) is 0 Å². The van der Waals surface area contributed by atoms with E-state index in [1.165, 1.54) is 205 Å². The molecule has 0 bridgehead atoms. The zero-order valence-corrected chi connectivity index (χ0v) is 33.0. The molecule has 288 valence electrons. The van der Waals surface area contributed by atoms with Crippen molar-refractivity contribution in [3.63, 3.8) is 0 Å². The molecule has 0 aromatic carbocycles.